The van der Waals surface area contributed by atoms with Crippen LogP contribution in [0.1, 0.15) is 0 Å². The van der Waals surface area contributed by atoms with Crippen LogP contribution in [-0.4, -0.2) is 0 Å². The van der Waals surface area contributed by atoms with Crippen LogP contribution in [0.15, 0.2) is 18.3 Å². The van der Waals surface area contributed by atoms with Crippen LogP contribution in [0.25, 0.3) is 0 Å². The number of hydrogen-bond donors (Lipinski definition) is 1. The lowest BCUT2D eigenvalue weighted by atomic mass is 10.5. The van der Waals surface area contributed by atoms with Gasteiger partial charge >= 0.3 is 0 Å². The molecule has 0 amide bonds. The van der Waals surface area contributed by atoms with E-state index in [1.807, 2.05) is 0 Å². The lowest BCUT2D eigenvalue weighted by Crippen LogP contribution is -2.08. The van der Waals surface area contributed by atoms with Crippen LogP contribution in [-0.2, 0) is 0 Å². The average Bonchev–Trinajstić information content (AvgIpc) is 1.77. The first kappa shape index (κ1) is 5.38. The van der Waals surface area contributed by atoms with Crippen LogP contribution in [0.4, 0.5) is 5.82 Å². The number of nitrogens with one attached hydrogen (secondary N) is 1. The number of pyridine rings is 1. The SMILES string of the molecule is Nc1[nH+]cccc1Cl. The molecular weight excluding hydrogens is 124 g/mol. The molecule has 8 heavy (non-hydrogen) atoms. The summed E-state index contributed by atoms with van der Waals surface area (Å²) in [4.78, 5) is 2.75. The fourth-order valence-corrected chi connectivity index (χ4v) is 0.557. The van der Waals surface area contributed by atoms with Gasteiger partial charge in [0, 0.05) is 0 Å². The summed E-state index contributed by atoms with van der Waals surface area (Å²) in [5.41, 5.74) is 5.33. The van der Waals surface area contributed by atoms with Gasteiger partial charge < -0.3 is 0 Å². The molecule has 0 fully saturated rings. The fraction of sp³-hybridized carbons (Fsp3) is 0. The molecule has 1 rings (SSSR count). The van der Waals surface area contributed by atoms with Crippen molar-refractivity contribution in [2.45, 2.75) is 0 Å². The second kappa shape index (κ2) is 2.01. The molecule has 3 heteroatoms. The zero-order valence-electron chi connectivity index (χ0n) is 4.19. The maximum absolute atomic E-state index is 5.55. The molecular formula is C5H6ClN2+. The van der Waals surface area contributed by atoms with Crippen LogP contribution in [0.2, 0.25) is 5.02 Å². The molecule has 0 aliphatic heterocycles. The number of rotatable bonds is 0. The minimum absolute atomic E-state index is 0.508. The van der Waals surface area contributed by atoms with Gasteiger partial charge in [0.05, 0.1) is 6.20 Å². The Morgan fingerprint density at radius 2 is 2.38 bits per heavy atom. The van der Waals surface area contributed by atoms with E-state index in [9.17, 15) is 0 Å². The molecule has 0 aliphatic rings. The molecule has 0 radical (unpaired) electrons. The Morgan fingerprint density at radius 1 is 1.62 bits per heavy atom. The molecule has 42 valence electrons. The molecule has 0 saturated heterocycles. The molecule has 0 saturated carbocycles. The fourth-order valence-electron chi connectivity index (χ4n) is 0.429. The highest BCUT2D eigenvalue weighted by Crippen LogP contribution is 2.09. The van der Waals surface area contributed by atoms with Crippen LogP contribution in [0.5, 0.6) is 0 Å². The van der Waals surface area contributed by atoms with Crippen LogP contribution < -0.4 is 10.7 Å². The number of aromatic nitrogens is 1. The van der Waals surface area contributed by atoms with E-state index in [0.29, 0.717) is 10.8 Å². The molecule has 1 heterocycles. The van der Waals surface area contributed by atoms with E-state index in [0.717, 1.165) is 0 Å². The summed E-state index contributed by atoms with van der Waals surface area (Å²) in [6.45, 7) is 0. The minimum atomic E-state index is 0.508. The molecule has 0 spiro atoms. The van der Waals surface area contributed by atoms with E-state index < -0.39 is 0 Å². The van der Waals surface area contributed by atoms with Gasteiger partial charge in [0.2, 0.25) is 0 Å². The minimum Gasteiger partial charge on any atom is -0.286 e. The molecule has 0 aromatic carbocycles. The van der Waals surface area contributed by atoms with Gasteiger partial charge in [-0.2, -0.15) is 0 Å². The summed E-state index contributed by atoms with van der Waals surface area (Å²) in [6.07, 6.45) is 1.72. The zero-order chi connectivity index (χ0) is 5.98. The number of hydrogen-bond acceptors (Lipinski definition) is 1. The highest BCUT2D eigenvalue weighted by molar-refractivity contribution is 6.32. The van der Waals surface area contributed by atoms with Gasteiger partial charge in [-0.15, -0.1) is 0 Å². The Labute approximate surface area is 52.3 Å². The molecule has 2 nitrogen and oxygen atoms in total. The van der Waals surface area contributed by atoms with Gasteiger partial charge in [-0.3, -0.25) is 5.73 Å². The summed E-state index contributed by atoms with van der Waals surface area (Å²) in [6, 6.07) is 3.52. The van der Waals surface area contributed by atoms with E-state index in [1.165, 1.54) is 0 Å². The number of nitrogens with two attached hydrogens (primary N) is 1. The number of aromatic amines is 1. The van der Waals surface area contributed by atoms with Crippen molar-refractivity contribution >= 4 is 17.4 Å². The predicted octanol–water partition coefficient (Wildman–Crippen LogP) is 0.736. The second-order valence-electron chi connectivity index (χ2n) is 1.43. The number of halogens is 1. The highest BCUT2D eigenvalue weighted by atomic mass is 35.5. The van der Waals surface area contributed by atoms with Crippen molar-refractivity contribution in [3.05, 3.63) is 23.4 Å². The summed E-state index contributed by atoms with van der Waals surface area (Å²) < 4.78 is 0. The Kier molecular flexibility index (Phi) is 1.35. The van der Waals surface area contributed by atoms with E-state index >= 15 is 0 Å². The average molecular weight is 130 g/mol. The first-order valence-electron chi connectivity index (χ1n) is 2.22. The molecule has 3 N–H and O–H groups in total. The standard InChI is InChI=1S/C5H5ClN2/c6-4-2-1-3-8-5(4)7/h1-3H,(H2,7,8)/p+1. The summed E-state index contributed by atoms with van der Waals surface area (Å²) in [5.74, 6) is 0.508. The highest BCUT2D eigenvalue weighted by Gasteiger charge is 1.95. The van der Waals surface area contributed by atoms with E-state index in [2.05, 4.69) is 4.98 Å². The third-order valence-electron chi connectivity index (χ3n) is 0.835. The maximum Gasteiger partial charge on any atom is 0.289 e. The molecule has 0 atom stereocenters. The van der Waals surface area contributed by atoms with Crippen molar-refractivity contribution in [1.82, 2.24) is 0 Å². The summed E-state index contributed by atoms with van der Waals surface area (Å²) in [5, 5.41) is 0.563. The largest absolute Gasteiger partial charge is 0.289 e. The number of anilines is 1. The van der Waals surface area contributed by atoms with Crippen molar-refractivity contribution in [3.8, 4) is 0 Å². The maximum atomic E-state index is 5.55. The summed E-state index contributed by atoms with van der Waals surface area (Å²) in [7, 11) is 0. The van der Waals surface area contributed by atoms with Crippen molar-refractivity contribution in [3.63, 3.8) is 0 Å². The van der Waals surface area contributed by atoms with Crippen molar-refractivity contribution in [1.29, 1.82) is 0 Å². The molecule has 1 aromatic heterocycles. The monoisotopic (exact) mass is 129 g/mol. The first-order valence-corrected chi connectivity index (χ1v) is 2.60. The van der Waals surface area contributed by atoms with Crippen LogP contribution in [0, 0.1) is 0 Å². The quantitative estimate of drug-likeness (QED) is 0.552. The van der Waals surface area contributed by atoms with Crippen molar-refractivity contribution < 1.29 is 4.98 Å². The zero-order valence-corrected chi connectivity index (χ0v) is 4.94. The smallest absolute Gasteiger partial charge is 0.286 e. The van der Waals surface area contributed by atoms with Crippen molar-refractivity contribution in [2.24, 2.45) is 0 Å². The van der Waals surface area contributed by atoms with Crippen LogP contribution >= 0.6 is 11.6 Å². The number of nitrogen functional groups attached to an aromatic ring is 1. The Bertz CT molecular complexity index is 167. The Morgan fingerprint density at radius 3 is 2.75 bits per heavy atom. The van der Waals surface area contributed by atoms with Crippen LogP contribution in [0.3, 0.4) is 0 Å². The van der Waals surface area contributed by atoms with Gasteiger partial charge in [-0.05, 0) is 12.1 Å². The first-order chi connectivity index (χ1) is 3.80. The molecule has 1 aromatic rings. The Hall–Kier alpha value is -0.760. The third-order valence-corrected chi connectivity index (χ3v) is 1.16. The van der Waals surface area contributed by atoms with Crippen molar-refractivity contribution in [2.75, 3.05) is 5.73 Å². The molecule has 0 unspecified atom stereocenters. The normalized spacial score (nSPS) is 9.12. The van der Waals surface area contributed by atoms with Gasteiger partial charge in [0.15, 0.2) is 0 Å². The van der Waals surface area contributed by atoms with Gasteiger partial charge in [0.1, 0.15) is 5.02 Å². The van der Waals surface area contributed by atoms with E-state index in [4.69, 9.17) is 17.3 Å². The lowest BCUT2D eigenvalue weighted by molar-refractivity contribution is -0.360. The molecule has 0 bridgehead atoms. The van der Waals surface area contributed by atoms with Gasteiger partial charge in [-0.1, -0.05) is 11.6 Å². The number of H-pyrrole nitrogens is 1. The van der Waals surface area contributed by atoms with E-state index in [1.54, 1.807) is 18.3 Å². The topological polar surface area (TPSA) is 40.2 Å². The second-order valence-corrected chi connectivity index (χ2v) is 1.84. The van der Waals surface area contributed by atoms with Gasteiger partial charge in [0.25, 0.3) is 5.82 Å². The van der Waals surface area contributed by atoms with Gasteiger partial charge in [-0.25, -0.2) is 4.98 Å². The van der Waals surface area contributed by atoms with E-state index in [-0.39, 0.29) is 0 Å². The molecule has 0 aliphatic carbocycles. The summed E-state index contributed by atoms with van der Waals surface area (Å²) >= 11 is 5.55. The lowest BCUT2D eigenvalue weighted by Gasteiger charge is -1.84. The Balaban J connectivity index is 3.13. The third kappa shape index (κ3) is 0.898. The predicted molar refractivity (Wildman–Crippen MR) is 32.4 cm³/mol.